The molecule has 0 aromatic carbocycles. The third kappa shape index (κ3) is 8.69. The van der Waals surface area contributed by atoms with Gasteiger partial charge in [-0.15, -0.1) is 0 Å². The molecule has 1 heterocycles. The van der Waals surface area contributed by atoms with E-state index in [-0.39, 0.29) is 19.6 Å². The Balaban J connectivity index is 2.63. The lowest BCUT2D eigenvalue weighted by atomic mass is 10.1. The van der Waals surface area contributed by atoms with Crippen LogP contribution in [0.4, 0.5) is 4.79 Å². The van der Waals surface area contributed by atoms with Crippen molar-refractivity contribution in [3.63, 3.8) is 0 Å². The predicted octanol–water partition coefficient (Wildman–Crippen LogP) is 1.72. The smallest absolute Gasteiger partial charge is 0.408 e. The second-order valence-corrected chi connectivity index (χ2v) is 6.27. The summed E-state index contributed by atoms with van der Waals surface area (Å²) in [4.78, 5) is 39.4. The van der Waals surface area contributed by atoms with Gasteiger partial charge in [0.2, 0.25) is 5.91 Å². The van der Waals surface area contributed by atoms with Gasteiger partial charge in [0.05, 0.1) is 19.1 Å². The molecular weight excluding hydrogens is 326 g/mol. The van der Waals surface area contributed by atoms with E-state index in [0.717, 1.165) is 0 Å². The molecule has 1 atom stereocenters. The highest BCUT2D eigenvalue weighted by atomic mass is 16.6. The number of carbonyl (C=O) groups excluding carboxylic acids is 3. The Bertz CT molecular complexity index is 584. The average Bonchev–Trinajstić information content (AvgIpc) is 2.52. The molecule has 8 nitrogen and oxygen atoms in total. The minimum Gasteiger partial charge on any atom is -0.466 e. The molecule has 0 aliphatic rings. The Kier molecular flexibility index (Phi) is 7.84. The van der Waals surface area contributed by atoms with Crippen molar-refractivity contribution in [1.29, 1.82) is 0 Å². The van der Waals surface area contributed by atoms with Gasteiger partial charge >= 0.3 is 12.1 Å². The van der Waals surface area contributed by atoms with E-state index >= 15 is 0 Å². The van der Waals surface area contributed by atoms with Crippen molar-refractivity contribution in [3.8, 4) is 0 Å². The fraction of sp³-hybridized carbons (Fsp3) is 0.529. The molecule has 0 unspecified atom stereocenters. The van der Waals surface area contributed by atoms with Gasteiger partial charge in [-0.25, -0.2) is 4.79 Å². The van der Waals surface area contributed by atoms with Crippen LogP contribution in [-0.2, 0) is 19.1 Å². The number of carbonyl (C=O) groups is 3. The maximum Gasteiger partial charge on any atom is 0.408 e. The van der Waals surface area contributed by atoms with E-state index in [9.17, 15) is 14.4 Å². The van der Waals surface area contributed by atoms with E-state index in [2.05, 4.69) is 15.6 Å². The third-order valence-corrected chi connectivity index (χ3v) is 2.89. The van der Waals surface area contributed by atoms with E-state index in [1.165, 1.54) is 0 Å². The number of alkyl carbamates (subject to hydrolysis) is 1. The molecular formula is C17H25N3O5. The van der Waals surface area contributed by atoms with Gasteiger partial charge in [-0.3, -0.25) is 14.6 Å². The van der Waals surface area contributed by atoms with Crippen LogP contribution >= 0.6 is 0 Å². The van der Waals surface area contributed by atoms with Crippen LogP contribution in [0.3, 0.4) is 0 Å². The van der Waals surface area contributed by atoms with Gasteiger partial charge in [-0.1, -0.05) is 6.07 Å². The van der Waals surface area contributed by atoms with Gasteiger partial charge in [-0.2, -0.15) is 0 Å². The van der Waals surface area contributed by atoms with E-state index in [1.54, 1.807) is 52.2 Å². The molecule has 0 saturated heterocycles. The molecule has 0 aliphatic carbocycles. The number of rotatable bonds is 7. The number of esters is 1. The molecule has 1 aromatic rings. The van der Waals surface area contributed by atoms with Crippen LogP contribution in [0.1, 0.15) is 45.7 Å². The first-order valence-corrected chi connectivity index (χ1v) is 8.03. The summed E-state index contributed by atoms with van der Waals surface area (Å²) in [5.74, 6) is -0.888. The second-order valence-electron chi connectivity index (χ2n) is 6.27. The van der Waals surface area contributed by atoms with Gasteiger partial charge in [0.1, 0.15) is 12.1 Å². The largest absolute Gasteiger partial charge is 0.466 e. The Labute approximate surface area is 147 Å². The van der Waals surface area contributed by atoms with Crippen LogP contribution in [0.2, 0.25) is 0 Å². The number of hydrogen-bond acceptors (Lipinski definition) is 6. The normalized spacial score (nSPS) is 12.0. The Morgan fingerprint density at radius 1 is 1.28 bits per heavy atom. The summed E-state index contributed by atoms with van der Waals surface area (Å²) in [5.41, 5.74) is 0.0177. The van der Waals surface area contributed by atoms with Crippen LogP contribution in [0.15, 0.2) is 24.5 Å². The number of pyridine rings is 1. The molecule has 8 heteroatoms. The summed E-state index contributed by atoms with van der Waals surface area (Å²) in [7, 11) is 0. The van der Waals surface area contributed by atoms with Crippen LogP contribution in [0.25, 0.3) is 0 Å². The maximum atomic E-state index is 12.1. The lowest BCUT2D eigenvalue weighted by Crippen LogP contribution is -2.41. The SMILES string of the molecule is CCOC(=O)C[C@H](NC(=O)CNC(=O)OC(C)(C)C)c1cccnc1. The van der Waals surface area contributed by atoms with Crippen molar-refractivity contribution < 1.29 is 23.9 Å². The fourth-order valence-electron chi connectivity index (χ4n) is 1.93. The molecule has 0 fully saturated rings. The Morgan fingerprint density at radius 3 is 2.56 bits per heavy atom. The standard InChI is InChI=1S/C17H25N3O5/c1-5-24-15(22)9-13(12-7-6-8-18-10-12)20-14(21)11-19-16(23)25-17(2,3)4/h6-8,10,13H,5,9,11H2,1-4H3,(H,19,23)(H,20,21)/t13-/m0/s1. The lowest BCUT2D eigenvalue weighted by Gasteiger charge is -2.21. The molecule has 1 rings (SSSR count). The zero-order valence-electron chi connectivity index (χ0n) is 15.0. The fourth-order valence-corrected chi connectivity index (χ4v) is 1.93. The first kappa shape index (κ1) is 20.4. The third-order valence-electron chi connectivity index (χ3n) is 2.89. The summed E-state index contributed by atoms with van der Waals surface area (Å²) in [5, 5.41) is 5.06. The number of aromatic nitrogens is 1. The van der Waals surface area contributed by atoms with Crippen molar-refractivity contribution in [1.82, 2.24) is 15.6 Å². The second kappa shape index (κ2) is 9.61. The number of amides is 2. The highest BCUT2D eigenvalue weighted by Crippen LogP contribution is 2.16. The molecule has 0 aliphatic heterocycles. The van der Waals surface area contributed by atoms with Crippen molar-refractivity contribution in [2.75, 3.05) is 13.2 Å². The van der Waals surface area contributed by atoms with E-state index in [0.29, 0.717) is 5.56 Å². The molecule has 25 heavy (non-hydrogen) atoms. The quantitative estimate of drug-likeness (QED) is 0.725. The topological polar surface area (TPSA) is 107 Å². The zero-order chi connectivity index (χ0) is 18.9. The minimum atomic E-state index is -0.689. The summed E-state index contributed by atoms with van der Waals surface area (Å²) in [6.07, 6.45) is 2.44. The van der Waals surface area contributed by atoms with E-state index in [1.807, 2.05) is 0 Å². The minimum absolute atomic E-state index is 0.0300. The van der Waals surface area contributed by atoms with Crippen molar-refractivity contribution in [2.24, 2.45) is 0 Å². The molecule has 0 saturated carbocycles. The molecule has 2 amide bonds. The molecule has 1 aromatic heterocycles. The summed E-state index contributed by atoms with van der Waals surface area (Å²) in [6.45, 7) is 6.88. The number of nitrogens with zero attached hydrogens (tertiary/aromatic N) is 1. The molecule has 0 radical (unpaired) electrons. The zero-order valence-corrected chi connectivity index (χ0v) is 15.0. The van der Waals surface area contributed by atoms with Crippen LogP contribution in [0, 0.1) is 0 Å². The van der Waals surface area contributed by atoms with Crippen molar-refractivity contribution in [2.45, 2.75) is 45.8 Å². The summed E-state index contributed by atoms with van der Waals surface area (Å²) >= 11 is 0. The molecule has 0 bridgehead atoms. The van der Waals surface area contributed by atoms with Crippen LogP contribution in [0.5, 0.6) is 0 Å². The van der Waals surface area contributed by atoms with Gasteiger partial charge < -0.3 is 20.1 Å². The van der Waals surface area contributed by atoms with Crippen molar-refractivity contribution >= 4 is 18.0 Å². The molecule has 2 N–H and O–H groups in total. The van der Waals surface area contributed by atoms with Crippen LogP contribution in [-0.4, -0.2) is 41.7 Å². The lowest BCUT2D eigenvalue weighted by molar-refractivity contribution is -0.143. The first-order valence-electron chi connectivity index (χ1n) is 8.03. The number of hydrogen-bond donors (Lipinski definition) is 2. The van der Waals surface area contributed by atoms with Gasteiger partial charge in [0.15, 0.2) is 0 Å². The molecule has 0 spiro atoms. The van der Waals surface area contributed by atoms with Gasteiger partial charge in [-0.05, 0) is 39.3 Å². The van der Waals surface area contributed by atoms with E-state index < -0.39 is 29.6 Å². The highest BCUT2D eigenvalue weighted by Gasteiger charge is 2.21. The predicted molar refractivity (Wildman–Crippen MR) is 90.6 cm³/mol. The highest BCUT2D eigenvalue weighted by molar-refractivity contribution is 5.83. The molecule has 138 valence electrons. The monoisotopic (exact) mass is 351 g/mol. The first-order chi connectivity index (χ1) is 11.7. The summed E-state index contributed by atoms with van der Waals surface area (Å²) in [6, 6.07) is 2.86. The number of nitrogens with one attached hydrogen (secondary N) is 2. The average molecular weight is 351 g/mol. The number of ether oxygens (including phenoxy) is 2. The van der Waals surface area contributed by atoms with Gasteiger partial charge in [0, 0.05) is 12.4 Å². The van der Waals surface area contributed by atoms with Crippen molar-refractivity contribution in [3.05, 3.63) is 30.1 Å². The Hall–Kier alpha value is -2.64. The summed E-state index contributed by atoms with van der Waals surface area (Å²) < 4.78 is 9.99. The Morgan fingerprint density at radius 2 is 2.00 bits per heavy atom. The van der Waals surface area contributed by atoms with Gasteiger partial charge in [0.25, 0.3) is 0 Å². The van der Waals surface area contributed by atoms with E-state index in [4.69, 9.17) is 9.47 Å². The maximum absolute atomic E-state index is 12.1. The van der Waals surface area contributed by atoms with Crippen LogP contribution < -0.4 is 10.6 Å².